The number of benzene rings is 2. The number of nitrogens with one attached hydrogen (secondary N) is 1. The van der Waals surface area contributed by atoms with Crippen LogP contribution in [0.4, 0.5) is 4.79 Å². The minimum atomic E-state index is -0.852. The van der Waals surface area contributed by atoms with Gasteiger partial charge in [0.05, 0.1) is 13.2 Å². The van der Waals surface area contributed by atoms with Crippen LogP contribution < -0.4 is 11.1 Å². The fourth-order valence-electron chi connectivity index (χ4n) is 4.90. The fraction of sp³-hybridized carbons (Fsp3) is 0.444. The Hall–Kier alpha value is -3.39. The summed E-state index contributed by atoms with van der Waals surface area (Å²) in [5.74, 6) is -0.906. The minimum Gasteiger partial charge on any atom is -0.445 e. The molecule has 1 aliphatic carbocycles. The van der Waals surface area contributed by atoms with Crippen LogP contribution in [0.1, 0.15) is 54.3 Å². The largest absolute Gasteiger partial charge is 0.445 e. The van der Waals surface area contributed by atoms with E-state index in [9.17, 15) is 14.4 Å². The van der Waals surface area contributed by atoms with Gasteiger partial charge in [0.25, 0.3) is 0 Å². The third kappa shape index (κ3) is 6.39. The zero-order chi connectivity index (χ0) is 24.6. The Morgan fingerprint density at radius 2 is 1.69 bits per heavy atom. The van der Waals surface area contributed by atoms with E-state index in [1.54, 1.807) is 17.0 Å². The highest BCUT2D eigenvalue weighted by molar-refractivity contribution is 5.89. The van der Waals surface area contributed by atoms with Gasteiger partial charge in [0.1, 0.15) is 12.6 Å². The van der Waals surface area contributed by atoms with Crippen LogP contribution in [0.2, 0.25) is 0 Å². The number of morpholine rings is 1. The summed E-state index contributed by atoms with van der Waals surface area (Å²) in [7, 11) is 0. The summed E-state index contributed by atoms with van der Waals surface area (Å²) < 4.78 is 10.7. The van der Waals surface area contributed by atoms with Gasteiger partial charge < -0.3 is 25.4 Å². The number of amides is 3. The normalized spacial score (nSPS) is 21.1. The Balaban J connectivity index is 1.39. The van der Waals surface area contributed by atoms with Gasteiger partial charge in [-0.15, -0.1) is 0 Å². The van der Waals surface area contributed by atoms with Crippen molar-refractivity contribution in [2.45, 2.75) is 44.2 Å². The molecule has 0 radical (unpaired) electrons. The predicted molar refractivity (Wildman–Crippen MR) is 130 cm³/mol. The summed E-state index contributed by atoms with van der Waals surface area (Å²) >= 11 is 0. The van der Waals surface area contributed by atoms with Crippen LogP contribution in [0.15, 0.2) is 54.6 Å². The second-order valence-electron chi connectivity index (χ2n) is 9.15. The fourth-order valence-corrected chi connectivity index (χ4v) is 4.90. The van der Waals surface area contributed by atoms with E-state index in [-0.39, 0.29) is 30.4 Å². The van der Waals surface area contributed by atoms with Gasteiger partial charge >= 0.3 is 6.09 Å². The van der Waals surface area contributed by atoms with Crippen molar-refractivity contribution in [1.29, 1.82) is 0 Å². The molecule has 1 saturated carbocycles. The summed E-state index contributed by atoms with van der Waals surface area (Å²) in [5.41, 5.74) is 8.25. The highest BCUT2D eigenvalue weighted by Crippen LogP contribution is 2.38. The number of nitrogens with zero attached hydrogens (tertiary/aromatic N) is 1. The topological polar surface area (TPSA) is 111 Å². The number of carbonyl (C=O) groups excluding carboxylic acids is 3. The van der Waals surface area contributed by atoms with Gasteiger partial charge in [-0.05, 0) is 35.4 Å². The third-order valence-corrected chi connectivity index (χ3v) is 6.85. The first-order chi connectivity index (χ1) is 17.0. The van der Waals surface area contributed by atoms with Crippen molar-refractivity contribution in [1.82, 2.24) is 10.2 Å². The van der Waals surface area contributed by atoms with E-state index < -0.39 is 11.9 Å². The molecule has 2 aliphatic rings. The first-order valence-electron chi connectivity index (χ1n) is 12.3. The van der Waals surface area contributed by atoms with E-state index in [1.165, 1.54) is 0 Å². The van der Waals surface area contributed by atoms with Crippen molar-refractivity contribution in [2.24, 2.45) is 11.7 Å². The lowest BCUT2D eigenvalue weighted by Crippen LogP contribution is -2.42. The van der Waals surface area contributed by atoms with Crippen molar-refractivity contribution < 1.29 is 23.9 Å². The molecule has 8 nitrogen and oxygen atoms in total. The van der Waals surface area contributed by atoms with E-state index in [0.717, 1.165) is 36.8 Å². The molecule has 1 saturated heterocycles. The van der Waals surface area contributed by atoms with E-state index in [2.05, 4.69) is 5.32 Å². The highest BCUT2D eigenvalue weighted by atomic mass is 16.6. The molecule has 8 heteroatoms. The number of nitrogens with two attached hydrogens (primary N) is 1. The number of ether oxygens (including phenoxy) is 2. The molecule has 0 aromatic heterocycles. The molecule has 186 valence electrons. The SMILES string of the molecule is NC(=O)[C@@H](NC(=O)[C@@H]1CCCCC1c1ccc(COC(=O)N2CCOCC2)cc1)c1ccccc1. The van der Waals surface area contributed by atoms with Crippen LogP contribution in [0.3, 0.4) is 0 Å². The number of rotatable bonds is 7. The lowest BCUT2D eigenvalue weighted by Gasteiger charge is -2.32. The average Bonchev–Trinajstić information content (AvgIpc) is 2.91. The molecule has 1 aliphatic heterocycles. The van der Waals surface area contributed by atoms with Crippen LogP contribution in [-0.2, 0) is 25.7 Å². The molecule has 2 fully saturated rings. The Morgan fingerprint density at radius 3 is 2.37 bits per heavy atom. The van der Waals surface area contributed by atoms with Gasteiger partial charge in [-0.2, -0.15) is 0 Å². The van der Waals surface area contributed by atoms with Crippen molar-refractivity contribution in [3.05, 3.63) is 71.3 Å². The van der Waals surface area contributed by atoms with Gasteiger partial charge in [0.15, 0.2) is 0 Å². The molecular weight excluding hydrogens is 446 g/mol. The molecule has 3 amide bonds. The van der Waals surface area contributed by atoms with Crippen molar-refractivity contribution in [3.8, 4) is 0 Å². The van der Waals surface area contributed by atoms with E-state index in [1.807, 2.05) is 42.5 Å². The van der Waals surface area contributed by atoms with E-state index in [4.69, 9.17) is 15.2 Å². The maximum atomic E-state index is 13.3. The molecule has 1 heterocycles. The second kappa shape index (κ2) is 11.8. The Labute approximate surface area is 205 Å². The van der Waals surface area contributed by atoms with Crippen LogP contribution in [0.5, 0.6) is 0 Å². The summed E-state index contributed by atoms with van der Waals surface area (Å²) in [5, 5.41) is 2.89. The number of carbonyl (C=O) groups is 3. The van der Waals surface area contributed by atoms with Crippen LogP contribution in [0, 0.1) is 5.92 Å². The van der Waals surface area contributed by atoms with Crippen molar-refractivity contribution in [2.75, 3.05) is 26.3 Å². The monoisotopic (exact) mass is 479 g/mol. The lowest BCUT2D eigenvalue weighted by molar-refractivity contribution is -0.131. The molecule has 1 unspecified atom stereocenters. The number of hydrogen-bond donors (Lipinski definition) is 2. The zero-order valence-electron chi connectivity index (χ0n) is 19.9. The smallest absolute Gasteiger partial charge is 0.410 e. The molecule has 3 atom stereocenters. The van der Waals surface area contributed by atoms with Gasteiger partial charge in [0, 0.05) is 19.0 Å². The molecule has 35 heavy (non-hydrogen) atoms. The van der Waals surface area contributed by atoms with Gasteiger partial charge in [-0.3, -0.25) is 9.59 Å². The first-order valence-corrected chi connectivity index (χ1v) is 12.3. The molecule has 0 bridgehead atoms. The Kier molecular flexibility index (Phi) is 8.36. The van der Waals surface area contributed by atoms with Gasteiger partial charge in [0.2, 0.25) is 11.8 Å². The van der Waals surface area contributed by atoms with Crippen molar-refractivity contribution >= 4 is 17.9 Å². The summed E-state index contributed by atoms with van der Waals surface area (Å²) in [6.45, 7) is 2.35. The maximum absolute atomic E-state index is 13.3. The lowest BCUT2D eigenvalue weighted by atomic mass is 9.74. The predicted octanol–water partition coefficient (Wildman–Crippen LogP) is 3.27. The number of hydrogen-bond acceptors (Lipinski definition) is 5. The third-order valence-electron chi connectivity index (χ3n) is 6.85. The first kappa shape index (κ1) is 24.7. The molecule has 2 aromatic rings. The van der Waals surface area contributed by atoms with Crippen LogP contribution >= 0.6 is 0 Å². The molecule has 0 spiro atoms. The minimum absolute atomic E-state index is 0.0537. The van der Waals surface area contributed by atoms with Crippen LogP contribution in [0.25, 0.3) is 0 Å². The second-order valence-corrected chi connectivity index (χ2v) is 9.15. The van der Waals surface area contributed by atoms with E-state index in [0.29, 0.717) is 31.9 Å². The molecule has 3 N–H and O–H groups in total. The maximum Gasteiger partial charge on any atom is 0.410 e. The molecule has 2 aromatic carbocycles. The van der Waals surface area contributed by atoms with Crippen LogP contribution in [-0.4, -0.2) is 49.1 Å². The van der Waals surface area contributed by atoms with Crippen molar-refractivity contribution in [3.63, 3.8) is 0 Å². The molecular formula is C27H33N3O5. The average molecular weight is 480 g/mol. The highest BCUT2D eigenvalue weighted by Gasteiger charge is 2.34. The van der Waals surface area contributed by atoms with Gasteiger partial charge in [-0.25, -0.2) is 4.79 Å². The number of primary amides is 1. The van der Waals surface area contributed by atoms with E-state index >= 15 is 0 Å². The summed E-state index contributed by atoms with van der Waals surface area (Å²) in [6, 6.07) is 16.1. The Bertz CT molecular complexity index is 1010. The molecule has 4 rings (SSSR count). The van der Waals surface area contributed by atoms with Gasteiger partial charge in [-0.1, -0.05) is 67.4 Å². The summed E-state index contributed by atoms with van der Waals surface area (Å²) in [4.78, 5) is 39.2. The quantitative estimate of drug-likeness (QED) is 0.633. The summed E-state index contributed by atoms with van der Waals surface area (Å²) in [6.07, 6.45) is 3.34. The Morgan fingerprint density at radius 1 is 1.00 bits per heavy atom. The standard InChI is InChI=1S/C27H33N3O5/c28-25(31)24(21-6-2-1-3-7-21)29-26(32)23-9-5-4-8-22(23)20-12-10-19(11-13-20)18-35-27(33)30-14-16-34-17-15-30/h1-3,6-7,10-13,22-24H,4-5,8-9,14-18H2,(H2,28,31)(H,29,32)/t22?,23-,24+/m1/s1. The zero-order valence-corrected chi connectivity index (χ0v) is 19.9.